The number of Topliss-reactive ketones (excluding diaryl/α,β-unsaturated/α-hetero) is 1. The van der Waals surface area contributed by atoms with Gasteiger partial charge in [-0.1, -0.05) is 18.2 Å². The Morgan fingerprint density at radius 1 is 1.14 bits per heavy atom. The fourth-order valence-corrected chi connectivity index (χ4v) is 1.93. The first kappa shape index (κ1) is 14.6. The summed E-state index contributed by atoms with van der Waals surface area (Å²) in [5, 5.41) is 12.5. The van der Waals surface area contributed by atoms with Gasteiger partial charge >= 0.3 is 0 Å². The van der Waals surface area contributed by atoms with Gasteiger partial charge in [0, 0.05) is 11.3 Å². The van der Waals surface area contributed by atoms with Crippen LogP contribution in [0.1, 0.15) is 27.6 Å². The third-order valence-electron chi connectivity index (χ3n) is 2.98. The minimum absolute atomic E-state index is 0.0493. The van der Waals surface area contributed by atoms with Crippen LogP contribution in [0.5, 0.6) is 11.5 Å². The van der Waals surface area contributed by atoms with Crippen LogP contribution >= 0.6 is 0 Å². The molecular weight excluding hydrogens is 270 g/mol. The quantitative estimate of drug-likeness (QED) is 0.847. The van der Waals surface area contributed by atoms with Gasteiger partial charge in [0.1, 0.15) is 17.1 Å². The van der Waals surface area contributed by atoms with Gasteiger partial charge in [-0.3, -0.25) is 9.59 Å². The molecule has 21 heavy (non-hydrogen) atoms. The van der Waals surface area contributed by atoms with Crippen molar-refractivity contribution < 1.29 is 19.4 Å². The Bertz CT molecular complexity index is 694. The lowest BCUT2D eigenvalue weighted by molar-refractivity contribution is 0.100. The average Bonchev–Trinajstić information content (AvgIpc) is 2.46. The van der Waals surface area contributed by atoms with E-state index in [4.69, 9.17) is 4.74 Å². The van der Waals surface area contributed by atoms with E-state index in [-0.39, 0.29) is 22.8 Å². The third-order valence-corrected chi connectivity index (χ3v) is 2.98. The number of carbonyl (C=O) groups excluding carboxylic acids is 2. The highest BCUT2D eigenvalue weighted by Gasteiger charge is 2.17. The molecule has 0 bridgehead atoms. The van der Waals surface area contributed by atoms with E-state index < -0.39 is 5.91 Å². The van der Waals surface area contributed by atoms with Crippen molar-refractivity contribution in [3.8, 4) is 11.5 Å². The summed E-state index contributed by atoms with van der Waals surface area (Å²) in [4.78, 5) is 23.6. The summed E-state index contributed by atoms with van der Waals surface area (Å²) in [5.41, 5.74) is 1.02. The van der Waals surface area contributed by atoms with Gasteiger partial charge in [-0.2, -0.15) is 0 Å². The summed E-state index contributed by atoms with van der Waals surface area (Å²) in [5.74, 6) is -0.498. The van der Waals surface area contributed by atoms with Crippen molar-refractivity contribution >= 4 is 17.4 Å². The Morgan fingerprint density at radius 2 is 1.86 bits per heavy atom. The molecule has 0 aromatic heterocycles. The van der Waals surface area contributed by atoms with E-state index in [9.17, 15) is 14.7 Å². The van der Waals surface area contributed by atoms with Crippen molar-refractivity contribution in [1.29, 1.82) is 0 Å². The number of amides is 1. The summed E-state index contributed by atoms with van der Waals surface area (Å²) >= 11 is 0. The first-order chi connectivity index (χ1) is 10.0. The van der Waals surface area contributed by atoms with Crippen LogP contribution in [0.15, 0.2) is 42.5 Å². The van der Waals surface area contributed by atoms with Crippen LogP contribution in [0.2, 0.25) is 0 Å². The van der Waals surface area contributed by atoms with Crippen molar-refractivity contribution in [2.45, 2.75) is 6.92 Å². The highest BCUT2D eigenvalue weighted by atomic mass is 16.5. The summed E-state index contributed by atoms with van der Waals surface area (Å²) in [7, 11) is 1.42. The number of ether oxygens (including phenoxy) is 1. The number of benzene rings is 2. The lowest BCUT2D eigenvalue weighted by atomic mass is 10.1. The molecule has 0 atom stereocenters. The second-order valence-electron chi connectivity index (χ2n) is 4.45. The molecule has 0 aliphatic rings. The highest BCUT2D eigenvalue weighted by Crippen LogP contribution is 2.28. The Kier molecular flexibility index (Phi) is 4.23. The van der Waals surface area contributed by atoms with Crippen LogP contribution in [-0.2, 0) is 0 Å². The molecule has 0 fully saturated rings. The number of aromatic hydroxyl groups is 1. The summed E-state index contributed by atoms with van der Waals surface area (Å²) < 4.78 is 5.07. The van der Waals surface area contributed by atoms with Gasteiger partial charge in [0.05, 0.1) is 7.11 Å². The van der Waals surface area contributed by atoms with E-state index in [0.29, 0.717) is 11.3 Å². The molecule has 0 radical (unpaired) electrons. The largest absolute Gasteiger partial charge is 0.507 e. The van der Waals surface area contributed by atoms with Gasteiger partial charge in [-0.25, -0.2) is 0 Å². The minimum atomic E-state index is -0.509. The number of anilines is 1. The van der Waals surface area contributed by atoms with Gasteiger partial charge in [-0.15, -0.1) is 0 Å². The Morgan fingerprint density at radius 3 is 2.52 bits per heavy atom. The van der Waals surface area contributed by atoms with Crippen LogP contribution in [-0.4, -0.2) is 23.9 Å². The molecule has 0 aliphatic carbocycles. The number of methoxy groups -OCH3 is 1. The summed E-state index contributed by atoms with van der Waals surface area (Å²) in [6.07, 6.45) is 0. The van der Waals surface area contributed by atoms with Crippen molar-refractivity contribution in [1.82, 2.24) is 0 Å². The number of hydrogen-bond donors (Lipinski definition) is 2. The lowest BCUT2D eigenvalue weighted by Crippen LogP contribution is -2.13. The number of nitrogens with one attached hydrogen (secondary N) is 1. The topological polar surface area (TPSA) is 75.6 Å². The normalized spacial score (nSPS) is 10.0. The van der Waals surface area contributed by atoms with E-state index in [2.05, 4.69) is 5.32 Å². The number of phenolic OH excluding ortho intramolecular Hbond substituents is 1. The van der Waals surface area contributed by atoms with Crippen molar-refractivity contribution in [2.75, 3.05) is 12.4 Å². The van der Waals surface area contributed by atoms with E-state index in [1.54, 1.807) is 36.4 Å². The SMILES string of the molecule is COc1cccc(O)c1C(=O)Nc1cccc(C(C)=O)c1. The van der Waals surface area contributed by atoms with Crippen LogP contribution in [0, 0.1) is 0 Å². The fraction of sp³-hybridized carbons (Fsp3) is 0.125. The maximum atomic E-state index is 12.3. The number of rotatable bonds is 4. The zero-order valence-electron chi connectivity index (χ0n) is 11.7. The molecule has 108 valence electrons. The molecule has 5 heteroatoms. The molecule has 2 N–H and O–H groups in total. The Hall–Kier alpha value is -2.82. The molecule has 0 spiro atoms. The molecular formula is C16H15NO4. The van der Waals surface area contributed by atoms with Gasteiger partial charge in [-0.05, 0) is 31.2 Å². The molecule has 2 aromatic carbocycles. The molecule has 1 amide bonds. The number of ketones is 1. The van der Waals surface area contributed by atoms with Crippen molar-refractivity contribution in [3.05, 3.63) is 53.6 Å². The average molecular weight is 285 g/mol. The van der Waals surface area contributed by atoms with Crippen LogP contribution in [0.3, 0.4) is 0 Å². The third kappa shape index (κ3) is 3.20. The van der Waals surface area contributed by atoms with Crippen LogP contribution in [0.4, 0.5) is 5.69 Å². The Balaban J connectivity index is 2.30. The van der Waals surface area contributed by atoms with E-state index in [0.717, 1.165) is 0 Å². The first-order valence-electron chi connectivity index (χ1n) is 6.31. The molecule has 0 saturated heterocycles. The molecule has 0 saturated carbocycles. The predicted molar refractivity (Wildman–Crippen MR) is 79.1 cm³/mol. The van der Waals surface area contributed by atoms with Gasteiger partial charge in [0.15, 0.2) is 5.78 Å². The maximum absolute atomic E-state index is 12.3. The number of hydrogen-bond acceptors (Lipinski definition) is 4. The summed E-state index contributed by atoms with van der Waals surface area (Å²) in [6, 6.07) is 11.2. The van der Waals surface area contributed by atoms with Gasteiger partial charge < -0.3 is 15.2 Å². The fourth-order valence-electron chi connectivity index (χ4n) is 1.93. The molecule has 2 aromatic rings. The van der Waals surface area contributed by atoms with E-state index in [1.165, 1.54) is 20.1 Å². The van der Waals surface area contributed by atoms with Crippen molar-refractivity contribution in [2.24, 2.45) is 0 Å². The summed E-state index contributed by atoms with van der Waals surface area (Å²) in [6.45, 7) is 1.45. The maximum Gasteiger partial charge on any atom is 0.263 e. The second kappa shape index (κ2) is 6.09. The van der Waals surface area contributed by atoms with Gasteiger partial charge in [0.2, 0.25) is 0 Å². The monoisotopic (exact) mass is 285 g/mol. The standard InChI is InChI=1S/C16H15NO4/c1-10(18)11-5-3-6-12(9-11)17-16(20)15-13(19)7-4-8-14(15)21-2/h3-9,19H,1-2H3,(H,17,20). The Labute approximate surface area is 122 Å². The second-order valence-corrected chi connectivity index (χ2v) is 4.45. The number of carbonyl (C=O) groups is 2. The van der Waals surface area contributed by atoms with Crippen LogP contribution < -0.4 is 10.1 Å². The highest BCUT2D eigenvalue weighted by molar-refractivity contribution is 6.08. The molecule has 2 rings (SSSR count). The molecule has 0 heterocycles. The van der Waals surface area contributed by atoms with Gasteiger partial charge in [0.25, 0.3) is 5.91 Å². The molecule has 0 aliphatic heterocycles. The van der Waals surface area contributed by atoms with Crippen LogP contribution in [0.25, 0.3) is 0 Å². The number of phenols is 1. The molecule has 0 unspecified atom stereocenters. The zero-order chi connectivity index (χ0) is 15.4. The van der Waals surface area contributed by atoms with E-state index in [1.807, 2.05) is 0 Å². The molecule has 5 nitrogen and oxygen atoms in total. The smallest absolute Gasteiger partial charge is 0.263 e. The lowest BCUT2D eigenvalue weighted by Gasteiger charge is -2.11. The zero-order valence-corrected chi connectivity index (χ0v) is 11.7. The first-order valence-corrected chi connectivity index (χ1v) is 6.31. The minimum Gasteiger partial charge on any atom is -0.507 e. The predicted octanol–water partition coefficient (Wildman–Crippen LogP) is 2.86. The van der Waals surface area contributed by atoms with E-state index >= 15 is 0 Å². The van der Waals surface area contributed by atoms with Crippen molar-refractivity contribution in [3.63, 3.8) is 0 Å².